The molecule has 2 aromatic carbocycles. The molecule has 2 aromatic heterocycles. The number of H-pyrrole nitrogens is 2. The van der Waals surface area contributed by atoms with E-state index in [1.165, 1.54) is 34.6 Å². The van der Waals surface area contributed by atoms with Crippen LogP contribution >= 0.6 is 0 Å². The Kier molecular flexibility index (Phi) is 43.5. The second-order valence-corrected chi connectivity index (χ2v) is 34.9. The minimum atomic E-state index is -1.99. The minimum absolute atomic E-state index is 0.0202. The van der Waals surface area contributed by atoms with Gasteiger partial charge in [-0.2, -0.15) is 0 Å². The molecule has 0 unspecified atom stereocenters. The second-order valence-electron chi connectivity index (χ2n) is 34.9. The number of carbonyl (C=O) groups excluding carboxylic acids is 17. The molecule has 0 saturated heterocycles. The highest BCUT2D eigenvalue weighted by Crippen LogP contribution is 2.23. The summed E-state index contributed by atoms with van der Waals surface area (Å²) in [5, 5.41) is 62.7. The number of carboxylic acids is 2. The van der Waals surface area contributed by atoms with Crippen molar-refractivity contribution in [1.29, 1.82) is 0 Å². The first-order valence-corrected chi connectivity index (χ1v) is 42.9. The van der Waals surface area contributed by atoms with Gasteiger partial charge in [0.15, 0.2) is 0 Å². The van der Waals surface area contributed by atoms with Crippen LogP contribution < -0.4 is 85.1 Å². The van der Waals surface area contributed by atoms with Crippen LogP contribution in [-0.2, 0) is 109 Å². The Morgan fingerprint density at radius 2 is 0.654 bits per heavy atom. The van der Waals surface area contributed by atoms with Gasteiger partial charge in [-0.15, -0.1) is 0 Å². The van der Waals surface area contributed by atoms with E-state index in [9.17, 15) is 96.5 Å². The van der Waals surface area contributed by atoms with Gasteiger partial charge in [0.25, 0.3) is 0 Å². The largest absolute Gasteiger partial charge is 0.481 e. The number of nitrogens with one attached hydrogen (secondary N) is 18. The topological polar surface area (TPSA) is 598 Å². The monoisotopic (exact) mass is 1780 g/mol. The van der Waals surface area contributed by atoms with Crippen molar-refractivity contribution in [3.63, 3.8) is 0 Å². The number of fused-ring (bicyclic) bond motifs is 2. The fourth-order valence-electron chi connectivity index (χ4n) is 13.8. The number of aromatic nitrogens is 2. The van der Waals surface area contributed by atoms with Crippen LogP contribution in [0.25, 0.3) is 21.8 Å². The molecule has 20 N–H and O–H groups in total. The number of para-hydroxylation sites is 2. The van der Waals surface area contributed by atoms with Gasteiger partial charge in [0.1, 0.15) is 91.2 Å². The van der Waals surface area contributed by atoms with Gasteiger partial charge in [-0.1, -0.05) is 147 Å². The molecule has 0 fully saturated rings. The zero-order chi connectivity index (χ0) is 95.5. The molecule has 14 atom stereocenters. The summed E-state index contributed by atoms with van der Waals surface area (Å²) < 4.78 is 5.01. The molecule has 0 radical (unpaired) electrons. The maximum Gasteiger partial charge on any atom is 0.305 e. The lowest BCUT2D eigenvalue weighted by molar-refractivity contribution is -0.142. The summed E-state index contributed by atoms with van der Waals surface area (Å²) in [6.45, 7) is 29.6. The van der Waals surface area contributed by atoms with E-state index in [0.29, 0.717) is 28.4 Å². The third-order valence-electron chi connectivity index (χ3n) is 20.4. The van der Waals surface area contributed by atoms with E-state index < -0.39 is 240 Å². The highest BCUT2D eigenvalue weighted by molar-refractivity contribution is 6.02. The van der Waals surface area contributed by atoms with Crippen LogP contribution in [0.4, 0.5) is 0 Å². The first-order chi connectivity index (χ1) is 59.5. The molecule has 702 valence electrons. The lowest BCUT2D eigenvalue weighted by Gasteiger charge is -2.30. The SMILES string of the molecule is CC(=O)OCCNC(=O)[C@H](Cc1c[nH]c2ccccc12)NC(=O)[C@@H](CC(C)C)NC(=O)[C@H](Cc1c[nH]c2ccccc12)NC(=O)[C@@H](CC(C)C)NC(=O)[C@H](CC(=O)O)NC(=O)[C@@H](CC(C)C)NC(=O)[C@H](CC(=O)O)NC(=O)[C@H](NC(=O)[C@@H](NC(=O)[C@H](NC(=O)[C@H](C)NC(=O)[C@@H](CC(C)C)NC(=O)[C@H](C)NC(=O)CNC(=O)[C@@H](NC=O)C(C)C)C(C)C)C(C)C)C(C)C. The van der Waals surface area contributed by atoms with Gasteiger partial charge in [0.05, 0.1) is 25.9 Å². The van der Waals surface area contributed by atoms with Crippen LogP contribution in [0, 0.1) is 47.3 Å². The summed E-state index contributed by atoms with van der Waals surface area (Å²) >= 11 is 0. The number of hydrogen-bond acceptors (Lipinski definition) is 20. The van der Waals surface area contributed by atoms with E-state index in [4.69, 9.17) is 4.74 Å². The zero-order valence-corrected chi connectivity index (χ0v) is 75.9. The van der Waals surface area contributed by atoms with E-state index in [2.05, 4.69) is 95.0 Å². The van der Waals surface area contributed by atoms with E-state index in [1.807, 2.05) is 24.3 Å². The molecule has 0 spiro atoms. The van der Waals surface area contributed by atoms with Crippen LogP contribution in [-0.4, -0.2) is 237 Å². The van der Waals surface area contributed by atoms with Crippen molar-refractivity contribution < 1.29 is 106 Å². The van der Waals surface area contributed by atoms with Crippen LogP contribution in [0.1, 0.15) is 181 Å². The third kappa shape index (κ3) is 35.8. The van der Waals surface area contributed by atoms with Crippen molar-refractivity contribution in [2.24, 2.45) is 47.3 Å². The summed E-state index contributed by atoms with van der Waals surface area (Å²) in [6.07, 6.45) is 0.958. The molecule has 2 heterocycles. The number of ether oxygens (including phenoxy) is 1. The quantitative estimate of drug-likeness (QED) is 0.0162. The molecular formula is C87H132N18O22. The van der Waals surface area contributed by atoms with E-state index >= 15 is 4.79 Å². The molecule has 40 nitrogen and oxygen atoms in total. The molecule has 40 heteroatoms. The Morgan fingerprint density at radius 3 is 1.02 bits per heavy atom. The van der Waals surface area contributed by atoms with Crippen LogP contribution in [0.2, 0.25) is 0 Å². The Balaban J connectivity index is 1.54. The van der Waals surface area contributed by atoms with Crippen molar-refractivity contribution in [2.45, 2.75) is 268 Å². The van der Waals surface area contributed by atoms with Gasteiger partial charge in [-0.05, 0) is 110 Å². The Morgan fingerprint density at radius 1 is 0.346 bits per heavy atom. The minimum Gasteiger partial charge on any atom is -0.481 e. The highest BCUT2D eigenvalue weighted by Gasteiger charge is 2.41. The van der Waals surface area contributed by atoms with Crippen molar-refractivity contribution in [1.82, 2.24) is 95.0 Å². The lowest BCUT2D eigenvalue weighted by Crippen LogP contribution is -2.62. The predicted molar refractivity (Wildman–Crippen MR) is 468 cm³/mol. The fourth-order valence-corrected chi connectivity index (χ4v) is 13.8. The average molecular weight is 1780 g/mol. The maximum absolute atomic E-state index is 15.0. The zero-order valence-electron chi connectivity index (χ0n) is 75.9. The van der Waals surface area contributed by atoms with E-state index in [1.54, 1.807) is 134 Å². The summed E-state index contributed by atoms with van der Waals surface area (Å²) in [4.78, 5) is 266. The number of aliphatic carboxylic acids is 2. The number of carbonyl (C=O) groups is 19. The van der Waals surface area contributed by atoms with Crippen LogP contribution in [0.3, 0.4) is 0 Å². The predicted octanol–water partition coefficient (Wildman–Crippen LogP) is 0.445. The molecular weight excluding hydrogens is 1650 g/mol. The van der Waals surface area contributed by atoms with Gasteiger partial charge < -0.3 is 110 Å². The summed E-state index contributed by atoms with van der Waals surface area (Å²) in [7, 11) is 0. The molecule has 0 bridgehead atoms. The Hall–Kier alpha value is -12.5. The van der Waals surface area contributed by atoms with E-state index in [0.717, 1.165) is 10.9 Å². The van der Waals surface area contributed by atoms with Gasteiger partial charge in [-0.25, -0.2) is 0 Å². The fraction of sp³-hybridized carbons (Fsp3) is 0.598. The van der Waals surface area contributed by atoms with Crippen molar-refractivity contribution in [3.8, 4) is 0 Å². The Bertz CT molecular complexity index is 4500. The number of esters is 1. The third-order valence-corrected chi connectivity index (χ3v) is 20.4. The first kappa shape index (κ1) is 107. The number of amides is 16. The van der Waals surface area contributed by atoms with Crippen molar-refractivity contribution in [2.75, 3.05) is 19.7 Å². The Labute approximate surface area is 739 Å². The van der Waals surface area contributed by atoms with Gasteiger partial charge in [0.2, 0.25) is 95.0 Å². The second kappa shape index (κ2) is 51.8. The van der Waals surface area contributed by atoms with Crippen LogP contribution in [0.15, 0.2) is 60.9 Å². The molecule has 127 heavy (non-hydrogen) atoms. The number of rotatable bonds is 54. The molecule has 4 aromatic rings. The van der Waals surface area contributed by atoms with Gasteiger partial charge in [-0.3, -0.25) is 91.1 Å². The summed E-state index contributed by atoms with van der Waals surface area (Å²) in [6, 6.07) is -5.98. The number of aromatic amines is 2. The number of benzene rings is 2. The molecule has 4 rings (SSSR count). The standard InChI is InChI=1S/C87H132N18O22/c1-42(2)30-59(95-74(113)50(17)93-67(108)40-91-84(123)70(46(9)10)92-41-106)77(116)94-51(18)75(114)103-72(48(13)14)86(125)105-73(49(15)16)87(126)104-71(47(11)12)85(124)102-66(37-69(111)112)83(122)98-62(33-45(7)8)80(119)101-65(36-68(109)110)82(121)97-61(32-44(5)6)79(118)100-64(35-54-39-90-58-27-23-21-25-56(54)58)81(120)96-60(31-43(3)4)78(117)99-63(76(115)88-28-29-127-52(19)107)34-53-38-89-57-26-22-20-24-55(53)57/h20-27,38-39,41-51,59-66,70-73,89-90H,28-37,40H2,1-19H3,(H,88,115)(H,91,123)(H,92,106)(H,93,108)(H,94,116)(H,95,113)(H,96,120)(H,97,121)(H,98,122)(H,99,117)(H,100,118)(H,101,119)(H,102,124)(H,103,114)(H,104,126)(H,105,125)(H,109,110)(H,111,112)/t50-,51-,59+,60+,61+,62+,63-,64-,65-,66-,70-,71+,72+,73-/m0/s1. The smallest absolute Gasteiger partial charge is 0.305 e. The summed E-state index contributed by atoms with van der Waals surface area (Å²) in [5.41, 5.74) is 2.65. The normalized spacial score (nSPS) is 14.8. The van der Waals surface area contributed by atoms with Crippen molar-refractivity contribution in [3.05, 3.63) is 72.1 Å². The highest BCUT2D eigenvalue weighted by atomic mass is 16.5. The van der Waals surface area contributed by atoms with Gasteiger partial charge in [0, 0.05) is 54.0 Å². The van der Waals surface area contributed by atoms with Gasteiger partial charge >= 0.3 is 17.9 Å². The van der Waals surface area contributed by atoms with E-state index in [-0.39, 0.29) is 69.4 Å². The number of hydrogen-bond donors (Lipinski definition) is 20. The molecule has 0 aliphatic heterocycles. The van der Waals surface area contributed by atoms with Crippen molar-refractivity contribution >= 4 is 135 Å². The molecule has 0 saturated carbocycles. The molecule has 0 aliphatic carbocycles. The maximum atomic E-state index is 15.0. The average Bonchev–Trinajstić information content (AvgIpc) is 1.71. The van der Waals surface area contributed by atoms with Crippen LogP contribution in [0.5, 0.6) is 0 Å². The molecule has 16 amide bonds. The first-order valence-electron chi connectivity index (χ1n) is 42.9. The summed E-state index contributed by atoms with van der Waals surface area (Å²) in [5.74, 6) is -21.2. The lowest BCUT2D eigenvalue weighted by atomic mass is 9.97. The number of carboxylic acid groups (broad SMARTS) is 2. The molecule has 0 aliphatic rings.